The summed E-state index contributed by atoms with van der Waals surface area (Å²) in [6.07, 6.45) is 0. The molecule has 0 bridgehead atoms. The molecule has 238 valence electrons. The molecule has 9 aromatic carbocycles. The molecule has 2 nitrogen and oxygen atoms in total. The smallest absolute Gasteiger partial charge is 0.0620 e. The molecule has 52 heavy (non-hydrogen) atoms. The SMILES string of the molecule is c1ccc(-c2c3cc4c5cccc6c7ccccc7n(c4cc3c(-c3ccccc3)c3cc4c7cccc8c9ccccc9n(c4cc23)c87)c65)cc1. The van der Waals surface area contributed by atoms with Crippen molar-refractivity contribution in [2.45, 2.75) is 0 Å². The first-order chi connectivity index (χ1) is 25.8. The zero-order valence-electron chi connectivity index (χ0n) is 28.1. The lowest BCUT2D eigenvalue weighted by atomic mass is 9.84. The second-order valence-corrected chi connectivity index (χ2v) is 14.4. The van der Waals surface area contributed by atoms with Gasteiger partial charge in [0.1, 0.15) is 0 Å². The molecule has 0 aliphatic rings. The van der Waals surface area contributed by atoms with Crippen molar-refractivity contribution in [3.63, 3.8) is 0 Å². The Balaban J connectivity index is 1.32. The van der Waals surface area contributed by atoms with Crippen molar-refractivity contribution in [2.75, 3.05) is 0 Å². The van der Waals surface area contributed by atoms with E-state index in [-0.39, 0.29) is 0 Å². The number of hydrogen-bond donors (Lipinski definition) is 0. The Labute approximate surface area is 297 Å². The van der Waals surface area contributed by atoms with Crippen LogP contribution in [0.15, 0.2) is 170 Å². The van der Waals surface area contributed by atoms with Crippen LogP contribution in [0, 0.1) is 0 Å². The summed E-state index contributed by atoms with van der Waals surface area (Å²) in [6, 6.07) is 63.4. The minimum atomic E-state index is 1.23. The second-order valence-electron chi connectivity index (χ2n) is 14.4. The van der Waals surface area contributed by atoms with Crippen LogP contribution in [0.1, 0.15) is 0 Å². The van der Waals surface area contributed by atoms with E-state index in [1.165, 1.54) is 120 Å². The van der Waals surface area contributed by atoms with Crippen molar-refractivity contribution in [2.24, 2.45) is 0 Å². The minimum absolute atomic E-state index is 1.23. The third-order valence-electron chi connectivity index (χ3n) is 11.9. The molecule has 0 aliphatic heterocycles. The van der Waals surface area contributed by atoms with Gasteiger partial charge < -0.3 is 8.80 Å². The van der Waals surface area contributed by atoms with Crippen LogP contribution in [-0.2, 0) is 0 Å². The van der Waals surface area contributed by atoms with E-state index in [1.54, 1.807) is 0 Å². The predicted octanol–water partition coefficient (Wildman–Crippen LogP) is 13.6. The summed E-state index contributed by atoms with van der Waals surface area (Å²) in [5, 5.41) is 15.5. The molecular formula is C50H28N2. The molecule has 0 amide bonds. The van der Waals surface area contributed by atoms with Gasteiger partial charge in [0.15, 0.2) is 0 Å². The number of benzene rings is 9. The Bertz CT molecular complexity index is 3360. The van der Waals surface area contributed by atoms with Crippen molar-refractivity contribution >= 4 is 97.7 Å². The highest BCUT2D eigenvalue weighted by atomic mass is 14.9. The molecule has 0 saturated carbocycles. The van der Waals surface area contributed by atoms with Gasteiger partial charge in [-0.3, -0.25) is 0 Å². The number of aromatic nitrogens is 2. The van der Waals surface area contributed by atoms with Crippen molar-refractivity contribution in [3.05, 3.63) is 170 Å². The van der Waals surface area contributed by atoms with Crippen molar-refractivity contribution in [1.29, 1.82) is 0 Å². The Hall–Kier alpha value is -6.90. The lowest BCUT2D eigenvalue weighted by Gasteiger charge is -2.19. The first-order valence-corrected chi connectivity index (χ1v) is 18.1. The van der Waals surface area contributed by atoms with Crippen LogP contribution in [0.2, 0.25) is 0 Å². The van der Waals surface area contributed by atoms with Crippen LogP contribution in [0.25, 0.3) is 120 Å². The maximum atomic E-state index is 2.51. The van der Waals surface area contributed by atoms with Gasteiger partial charge in [-0.1, -0.05) is 133 Å². The molecule has 13 aromatic rings. The number of fused-ring (bicyclic) bond motifs is 14. The summed E-state index contributed by atoms with van der Waals surface area (Å²) in [5.41, 5.74) is 12.7. The molecule has 0 fully saturated rings. The molecule has 0 saturated heterocycles. The molecule has 4 heterocycles. The molecule has 13 rings (SSSR count). The molecule has 0 N–H and O–H groups in total. The van der Waals surface area contributed by atoms with Gasteiger partial charge in [-0.05, 0) is 80.2 Å². The zero-order chi connectivity index (χ0) is 33.7. The molecule has 0 unspecified atom stereocenters. The highest BCUT2D eigenvalue weighted by Gasteiger charge is 2.24. The fourth-order valence-corrected chi connectivity index (χ4v) is 9.90. The van der Waals surface area contributed by atoms with Gasteiger partial charge in [0, 0.05) is 43.1 Å². The maximum absolute atomic E-state index is 2.51. The maximum Gasteiger partial charge on any atom is 0.0620 e. The molecule has 2 heteroatoms. The summed E-state index contributed by atoms with van der Waals surface area (Å²) in [6.45, 7) is 0. The summed E-state index contributed by atoms with van der Waals surface area (Å²) in [5.74, 6) is 0. The third-order valence-corrected chi connectivity index (χ3v) is 11.9. The van der Waals surface area contributed by atoms with Gasteiger partial charge in [0.25, 0.3) is 0 Å². The average molecular weight is 657 g/mol. The molecule has 0 atom stereocenters. The van der Waals surface area contributed by atoms with Gasteiger partial charge in [-0.25, -0.2) is 0 Å². The standard InChI is InChI=1S/C50H28N2/c1-3-13-29(14-4-1)47-39-25-37-35-21-11-19-33-32-18-8-10-24-44(32)52(49(33)35)46(37)28-42(39)48(30-15-5-2-6-16-30)40-26-38-36-22-12-20-34-31-17-7-9-23-43(31)51(50(34)36)45(38)27-41(40)47/h1-28H. The molecular weight excluding hydrogens is 629 g/mol. The predicted molar refractivity (Wildman–Crippen MR) is 222 cm³/mol. The number of para-hydroxylation sites is 4. The highest BCUT2D eigenvalue weighted by Crippen LogP contribution is 2.50. The van der Waals surface area contributed by atoms with E-state index >= 15 is 0 Å². The Kier molecular flexibility index (Phi) is 4.89. The van der Waals surface area contributed by atoms with Crippen LogP contribution in [0.3, 0.4) is 0 Å². The molecule has 4 aromatic heterocycles. The summed E-state index contributed by atoms with van der Waals surface area (Å²) in [7, 11) is 0. The van der Waals surface area contributed by atoms with Crippen molar-refractivity contribution in [3.8, 4) is 22.3 Å². The van der Waals surface area contributed by atoms with Crippen LogP contribution in [0.4, 0.5) is 0 Å². The second kappa shape index (κ2) is 9.45. The van der Waals surface area contributed by atoms with Gasteiger partial charge in [0.2, 0.25) is 0 Å². The monoisotopic (exact) mass is 656 g/mol. The number of rotatable bonds is 2. The van der Waals surface area contributed by atoms with E-state index in [0.29, 0.717) is 0 Å². The molecule has 0 spiro atoms. The first-order valence-electron chi connectivity index (χ1n) is 18.1. The quantitative estimate of drug-likeness (QED) is 0.164. The fraction of sp³-hybridized carbons (Fsp3) is 0. The number of nitrogens with zero attached hydrogens (tertiary/aromatic N) is 2. The van der Waals surface area contributed by atoms with Crippen LogP contribution >= 0.6 is 0 Å². The van der Waals surface area contributed by atoms with Crippen LogP contribution < -0.4 is 0 Å². The third kappa shape index (κ3) is 3.18. The molecule has 0 radical (unpaired) electrons. The largest absolute Gasteiger partial charge is 0.308 e. The van der Waals surface area contributed by atoms with E-state index in [9.17, 15) is 0 Å². The topological polar surface area (TPSA) is 8.82 Å². The zero-order valence-corrected chi connectivity index (χ0v) is 28.1. The van der Waals surface area contributed by atoms with Crippen LogP contribution in [0.5, 0.6) is 0 Å². The van der Waals surface area contributed by atoms with E-state index in [0.717, 1.165) is 0 Å². The van der Waals surface area contributed by atoms with Crippen molar-refractivity contribution in [1.82, 2.24) is 8.80 Å². The minimum Gasteiger partial charge on any atom is -0.308 e. The van der Waals surface area contributed by atoms with Gasteiger partial charge in [-0.15, -0.1) is 0 Å². The number of hydrogen-bond acceptors (Lipinski definition) is 0. The van der Waals surface area contributed by atoms with E-state index in [4.69, 9.17) is 0 Å². The Morgan fingerprint density at radius 2 is 0.577 bits per heavy atom. The average Bonchev–Trinajstić information content (AvgIpc) is 3.93. The summed E-state index contributed by atoms with van der Waals surface area (Å²) in [4.78, 5) is 0. The highest BCUT2D eigenvalue weighted by molar-refractivity contribution is 6.31. The van der Waals surface area contributed by atoms with E-state index in [2.05, 4.69) is 179 Å². The molecule has 0 aliphatic carbocycles. The Morgan fingerprint density at radius 1 is 0.231 bits per heavy atom. The first kappa shape index (κ1) is 26.9. The lowest BCUT2D eigenvalue weighted by molar-refractivity contribution is 1.37. The van der Waals surface area contributed by atoms with Gasteiger partial charge >= 0.3 is 0 Å². The van der Waals surface area contributed by atoms with E-state index < -0.39 is 0 Å². The van der Waals surface area contributed by atoms with E-state index in [1.807, 2.05) is 0 Å². The summed E-state index contributed by atoms with van der Waals surface area (Å²) < 4.78 is 5.02. The Morgan fingerprint density at radius 3 is 1.02 bits per heavy atom. The van der Waals surface area contributed by atoms with Crippen LogP contribution in [-0.4, -0.2) is 8.80 Å². The fourth-order valence-electron chi connectivity index (χ4n) is 9.90. The van der Waals surface area contributed by atoms with Gasteiger partial charge in [-0.2, -0.15) is 0 Å². The van der Waals surface area contributed by atoms with Gasteiger partial charge in [0.05, 0.1) is 33.1 Å². The summed E-state index contributed by atoms with van der Waals surface area (Å²) >= 11 is 0. The lowest BCUT2D eigenvalue weighted by Crippen LogP contribution is -1.92. The normalized spacial score (nSPS) is 12.6. The van der Waals surface area contributed by atoms with Crippen molar-refractivity contribution < 1.29 is 0 Å².